The van der Waals surface area contributed by atoms with Crippen molar-refractivity contribution in [3.05, 3.63) is 53.9 Å². The smallest absolute Gasteiger partial charge is 0.243 e. The van der Waals surface area contributed by atoms with Crippen molar-refractivity contribution >= 4 is 31.1 Å². The van der Waals surface area contributed by atoms with Gasteiger partial charge in [0, 0.05) is 25.0 Å². The van der Waals surface area contributed by atoms with Gasteiger partial charge in [-0.1, -0.05) is 25.3 Å². The molecular formula is C25H32N4O4S2. The molecule has 0 bridgehead atoms. The summed E-state index contributed by atoms with van der Waals surface area (Å²) in [5.41, 5.74) is 3.09. The van der Waals surface area contributed by atoms with Crippen LogP contribution in [0, 0.1) is 6.92 Å². The summed E-state index contributed by atoms with van der Waals surface area (Å²) in [6.07, 6.45) is 6.23. The minimum atomic E-state index is -3.70. The molecule has 1 saturated carbocycles. The van der Waals surface area contributed by atoms with Crippen LogP contribution in [0.4, 0.5) is 0 Å². The maximum atomic E-state index is 13.2. The Bertz CT molecular complexity index is 1400. The van der Waals surface area contributed by atoms with Crippen LogP contribution in [0.15, 0.2) is 52.3 Å². The van der Waals surface area contributed by atoms with Crippen molar-refractivity contribution in [2.45, 2.75) is 73.6 Å². The van der Waals surface area contributed by atoms with Gasteiger partial charge in [0.15, 0.2) is 0 Å². The fourth-order valence-corrected chi connectivity index (χ4v) is 7.93. The first-order chi connectivity index (χ1) is 16.7. The molecule has 2 aliphatic rings. The average Bonchev–Trinajstić information content (AvgIpc) is 3.28. The van der Waals surface area contributed by atoms with Crippen molar-refractivity contribution in [1.29, 1.82) is 0 Å². The third-order valence-corrected chi connectivity index (χ3v) is 10.6. The molecule has 3 aromatic rings. The lowest BCUT2D eigenvalue weighted by Crippen LogP contribution is -2.38. The van der Waals surface area contributed by atoms with Crippen molar-refractivity contribution in [3.8, 4) is 0 Å². The Balaban J connectivity index is 1.25. The van der Waals surface area contributed by atoms with E-state index in [-0.39, 0.29) is 21.8 Å². The van der Waals surface area contributed by atoms with Crippen molar-refractivity contribution < 1.29 is 16.8 Å². The highest BCUT2D eigenvalue weighted by Gasteiger charge is 2.31. The van der Waals surface area contributed by atoms with Crippen LogP contribution in [0.2, 0.25) is 0 Å². The van der Waals surface area contributed by atoms with E-state index in [0.717, 1.165) is 54.5 Å². The molecule has 0 spiro atoms. The molecule has 2 aromatic carbocycles. The quantitative estimate of drug-likeness (QED) is 0.513. The van der Waals surface area contributed by atoms with E-state index < -0.39 is 20.0 Å². The largest absolute Gasteiger partial charge is 0.342 e. The average molecular weight is 517 g/mol. The van der Waals surface area contributed by atoms with E-state index in [1.165, 1.54) is 28.6 Å². The van der Waals surface area contributed by atoms with Gasteiger partial charge in [0.25, 0.3) is 0 Å². The molecule has 188 valence electrons. The lowest BCUT2D eigenvalue weighted by molar-refractivity contribution is 0.314. The number of hydrogen-bond donors (Lipinski definition) is 2. The number of sulfonamides is 2. The van der Waals surface area contributed by atoms with Crippen molar-refractivity contribution in [2.75, 3.05) is 13.1 Å². The van der Waals surface area contributed by atoms with E-state index in [2.05, 4.69) is 15.8 Å². The molecule has 35 heavy (non-hydrogen) atoms. The summed E-state index contributed by atoms with van der Waals surface area (Å²) in [4.78, 5) is 8.33. The lowest BCUT2D eigenvalue weighted by Gasteiger charge is -2.30. The minimum Gasteiger partial charge on any atom is -0.342 e. The number of aryl methyl sites for hydroxylation is 1. The lowest BCUT2D eigenvalue weighted by atomic mass is 9.96. The molecule has 10 heteroatoms. The molecule has 0 unspecified atom stereocenters. The predicted molar refractivity (Wildman–Crippen MR) is 135 cm³/mol. The van der Waals surface area contributed by atoms with E-state index >= 15 is 0 Å². The van der Waals surface area contributed by atoms with E-state index in [0.29, 0.717) is 25.9 Å². The molecule has 0 radical (unpaired) electrons. The molecule has 0 amide bonds. The zero-order valence-electron chi connectivity index (χ0n) is 19.9. The number of rotatable bonds is 6. The summed E-state index contributed by atoms with van der Waals surface area (Å²) < 4.78 is 56.2. The monoisotopic (exact) mass is 516 g/mol. The van der Waals surface area contributed by atoms with Crippen molar-refractivity contribution in [2.24, 2.45) is 0 Å². The Kier molecular flexibility index (Phi) is 6.73. The van der Waals surface area contributed by atoms with Gasteiger partial charge in [-0.15, -0.1) is 0 Å². The number of nitrogens with zero attached hydrogens (tertiary/aromatic N) is 2. The van der Waals surface area contributed by atoms with Crippen LogP contribution in [0.3, 0.4) is 0 Å². The first kappa shape index (κ1) is 24.4. The molecule has 0 atom stereocenters. The zero-order valence-corrected chi connectivity index (χ0v) is 21.5. The molecule has 1 aromatic heterocycles. The van der Waals surface area contributed by atoms with Gasteiger partial charge in [-0.25, -0.2) is 26.5 Å². The second-order valence-corrected chi connectivity index (χ2v) is 13.4. The zero-order chi connectivity index (χ0) is 24.6. The standard InChI is InChI=1S/C25H32N4O4S2/c1-18-7-12-23-24(17-18)27-25(26-23)19-13-15-29(16-14-19)35(32,33)22-10-8-21(9-11-22)34(30,31)28-20-5-3-2-4-6-20/h7-12,17,19-20,28H,2-6,13-16H2,1H3,(H,26,27). The van der Waals surface area contributed by atoms with E-state index in [1.807, 2.05) is 19.1 Å². The van der Waals surface area contributed by atoms with Crippen molar-refractivity contribution in [1.82, 2.24) is 19.0 Å². The second kappa shape index (κ2) is 9.65. The normalized spacial score (nSPS) is 19.3. The van der Waals surface area contributed by atoms with Crippen LogP contribution >= 0.6 is 0 Å². The summed E-state index contributed by atoms with van der Waals surface area (Å²) in [5, 5.41) is 0. The van der Waals surface area contributed by atoms with Gasteiger partial charge in [-0.3, -0.25) is 0 Å². The molecule has 2 heterocycles. The summed E-state index contributed by atoms with van der Waals surface area (Å²) >= 11 is 0. The number of fused-ring (bicyclic) bond motifs is 1. The first-order valence-corrected chi connectivity index (χ1v) is 15.2. The fourth-order valence-electron chi connectivity index (χ4n) is 5.15. The van der Waals surface area contributed by atoms with Crippen LogP contribution in [0.1, 0.15) is 62.3 Å². The van der Waals surface area contributed by atoms with E-state index in [4.69, 9.17) is 4.98 Å². The van der Waals surface area contributed by atoms with Gasteiger partial charge >= 0.3 is 0 Å². The number of piperidine rings is 1. The number of hydrogen-bond acceptors (Lipinski definition) is 5. The number of aromatic amines is 1. The number of nitrogens with one attached hydrogen (secondary N) is 2. The fraction of sp³-hybridized carbons (Fsp3) is 0.480. The Hall–Kier alpha value is -2.27. The van der Waals surface area contributed by atoms with Crippen LogP contribution in [-0.4, -0.2) is 50.2 Å². The van der Waals surface area contributed by atoms with Gasteiger partial charge in [0.05, 0.1) is 20.8 Å². The highest BCUT2D eigenvalue weighted by Crippen LogP contribution is 2.31. The number of imidazole rings is 1. The van der Waals surface area contributed by atoms with E-state index in [9.17, 15) is 16.8 Å². The van der Waals surface area contributed by atoms with Gasteiger partial charge < -0.3 is 4.98 Å². The highest BCUT2D eigenvalue weighted by atomic mass is 32.2. The summed E-state index contributed by atoms with van der Waals surface area (Å²) in [7, 11) is -7.37. The Morgan fingerprint density at radius 2 is 1.54 bits per heavy atom. The number of aromatic nitrogens is 2. The highest BCUT2D eigenvalue weighted by molar-refractivity contribution is 7.89. The molecule has 1 aliphatic carbocycles. The van der Waals surface area contributed by atoms with Crippen LogP contribution in [-0.2, 0) is 20.0 Å². The minimum absolute atomic E-state index is 0.0470. The molecule has 1 saturated heterocycles. The molecular weight excluding hydrogens is 484 g/mol. The third kappa shape index (κ3) is 5.16. The molecule has 2 fully saturated rings. The van der Waals surface area contributed by atoms with Gasteiger partial charge in [0.1, 0.15) is 5.82 Å². The number of H-pyrrole nitrogens is 1. The van der Waals surface area contributed by atoms with Crippen LogP contribution < -0.4 is 4.72 Å². The third-order valence-electron chi connectivity index (χ3n) is 7.20. The Morgan fingerprint density at radius 3 is 2.23 bits per heavy atom. The molecule has 1 aliphatic heterocycles. The van der Waals surface area contributed by atoms with Crippen LogP contribution in [0.25, 0.3) is 11.0 Å². The topological polar surface area (TPSA) is 112 Å². The molecule has 8 nitrogen and oxygen atoms in total. The van der Waals surface area contributed by atoms with E-state index in [1.54, 1.807) is 0 Å². The second-order valence-electron chi connectivity index (χ2n) is 9.75. The summed E-state index contributed by atoms with van der Waals surface area (Å²) in [5.74, 6) is 1.08. The van der Waals surface area contributed by atoms with Gasteiger partial charge in [-0.05, 0) is 74.6 Å². The maximum Gasteiger partial charge on any atom is 0.243 e. The summed E-state index contributed by atoms with van der Waals surface area (Å²) in [6.45, 7) is 2.83. The summed E-state index contributed by atoms with van der Waals surface area (Å²) in [6, 6.07) is 11.6. The first-order valence-electron chi connectivity index (χ1n) is 12.3. The maximum absolute atomic E-state index is 13.2. The Morgan fingerprint density at radius 1 is 0.886 bits per heavy atom. The number of benzene rings is 2. The Labute approximate surface area is 207 Å². The van der Waals surface area contributed by atoms with Crippen LogP contribution in [0.5, 0.6) is 0 Å². The van der Waals surface area contributed by atoms with Gasteiger partial charge in [-0.2, -0.15) is 4.31 Å². The molecule has 5 rings (SSSR count). The SMILES string of the molecule is Cc1ccc2nc(C3CCN(S(=O)(=O)c4ccc(S(=O)(=O)NC5CCCCC5)cc4)CC3)[nH]c2c1. The molecule has 2 N–H and O–H groups in total. The van der Waals surface area contributed by atoms with Crippen molar-refractivity contribution in [3.63, 3.8) is 0 Å². The predicted octanol–water partition coefficient (Wildman–Crippen LogP) is 4.05. The van der Waals surface area contributed by atoms with Gasteiger partial charge in [0.2, 0.25) is 20.0 Å².